The third-order valence-corrected chi connectivity index (χ3v) is 7.46. The molecule has 9 nitrogen and oxygen atoms in total. The zero-order valence-electron chi connectivity index (χ0n) is 19.5. The van der Waals surface area contributed by atoms with Crippen LogP contribution in [0.1, 0.15) is 31.2 Å². The van der Waals surface area contributed by atoms with Crippen molar-refractivity contribution in [3.63, 3.8) is 0 Å². The molecule has 2 aromatic carbocycles. The van der Waals surface area contributed by atoms with Crippen molar-refractivity contribution in [2.45, 2.75) is 43.2 Å². The molecule has 34 heavy (non-hydrogen) atoms. The van der Waals surface area contributed by atoms with Crippen LogP contribution in [0, 0.1) is 10.1 Å². The van der Waals surface area contributed by atoms with Gasteiger partial charge in [0.15, 0.2) is 11.5 Å². The van der Waals surface area contributed by atoms with Gasteiger partial charge in [0.1, 0.15) is 5.69 Å². The average Bonchev–Trinajstić information content (AvgIpc) is 3.16. The van der Waals surface area contributed by atoms with Gasteiger partial charge >= 0.3 is 6.03 Å². The topological polar surface area (TPSA) is 106 Å². The van der Waals surface area contributed by atoms with Crippen LogP contribution in [0.2, 0.25) is 5.02 Å². The van der Waals surface area contributed by atoms with Crippen LogP contribution >= 0.6 is 11.6 Å². The van der Waals surface area contributed by atoms with Crippen LogP contribution in [0.15, 0.2) is 36.4 Å². The average molecular weight is 489 g/mol. The van der Waals surface area contributed by atoms with Gasteiger partial charge in [-0.25, -0.2) is 4.79 Å². The number of nitro groups is 1. The highest BCUT2D eigenvalue weighted by Gasteiger charge is 2.50. The maximum atomic E-state index is 12.7. The number of methoxy groups -OCH3 is 2. The highest BCUT2D eigenvalue weighted by atomic mass is 35.5. The number of urea groups is 1. The predicted octanol–water partition coefficient (Wildman–Crippen LogP) is 4.58. The number of hydrogen-bond acceptors (Lipinski definition) is 6. The molecule has 1 saturated carbocycles. The van der Waals surface area contributed by atoms with Gasteiger partial charge in [-0.3, -0.25) is 10.1 Å². The Labute approximate surface area is 203 Å². The Kier molecular flexibility index (Phi) is 6.86. The standard InChI is InChI=1S/C24H29ClN4O5/c1-28-11-10-24(15-4-7-20(33-2)21(12-15)34-3)9-8-17(14-22(24)28)26-23(30)27-18-6-5-16(25)13-19(18)29(31)32/h4-7,12-13,17,22H,8-11,14H2,1-3H3,(H2,26,27,30)/t17-,22+,24+/m1/s1. The van der Waals surface area contributed by atoms with Crippen LogP contribution in [0.4, 0.5) is 16.2 Å². The minimum atomic E-state index is -0.562. The molecule has 0 spiro atoms. The Hall–Kier alpha value is -3.04. The molecule has 1 aliphatic heterocycles. The molecule has 4 rings (SSSR count). The van der Waals surface area contributed by atoms with E-state index < -0.39 is 11.0 Å². The van der Waals surface area contributed by atoms with Gasteiger partial charge in [0.25, 0.3) is 5.69 Å². The molecule has 2 aromatic rings. The van der Waals surface area contributed by atoms with Gasteiger partial charge in [-0.15, -0.1) is 0 Å². The van der Waals surface area contributed by atoms with E-state index in [4.69, 9.17) is 21.1 Å². The van der Waals surface area contributed by atoms with E-state index in [0.29, 0.717) is 11.5 Å². The number of halogens is 1. The Balaban J connectivity index is 1.49. The van der Waals surface area contributed by atoms with Gasteiger partial charge in [0.05, 0.1) is 19.1 Å². The molecule has 0 unspecified atom stereocenters. The second-order valence-corrected chi connectivity index (χ2v) is 9.40. The minimum absolute atomic E-state index is 0.0298. The van der Waals surface area contributed by atoms with Crippen LogP contribution in [0.25, 0.3) is 0 Å². The first-order valence-electron chi connectivity index (χ1n) is 11.2. The van der Waals surface area contributed by atoms with E-state index in [9.17, 15) is 14.9 Å². The summed E-state index contributed by atoms with van der Waals surface area (Å²) < 4.78 is 11.0. The van der Waals surface area contributed by atoms with Crippen LogP contribution in [0.3, 0.4) is 0 Å². The monoisotopic (exact) mass is 488 g/mol. The number of amides is 2. The lowest BCUT2D eigenvalue weighted by molar-refractivity contribution is -0.383. The van der Waals surface area contributed by atoms with E-state index >= 15 is 0 Å². The summed E-state index contributed by atoms with van der Waals surface area (Å²) in [5.74, 6) is 1.42. The molecule has 2 aliphatic rings. The predicted molar refractivity (Wildman–Crippen MR) is 130 cm³/mol. The van der Waals surface area contributed by atoms with Gasteiger partial charge < -0.3 is 25.0 Å². The zero-order valence-corrected chi connectivity index (χ0v) is 20.2. The number of fused-ring (bicyclic) bond motifs is 1. The van der Waals surface area contributed by atoms with Crippen molar-refractivity contribution in [1.82, 2.24) is 10.2 Å². The largest absolute Gasteiger partial charge is 0.493 e. The molecule has 2 fully saturated rings. The van der Waals surface area contributed by atoms with Crippen molar-refractivity contribution in [3.05, 3.63) is 57.1 Å². The van der Waals surface area contributed by atoms with Crippen LogP contribution in [-0.2, 0) is 5.41 Å². The molecule has 1 aliphatic carbocycles. The lowest BCUT2D eigenvalue weighted by Crippen LogP contribution is -2.52. The highest BCUT2D eigenvalue weighted by Crippen LogP contribution is 2.49. The molecule has 0 radical (unpaired) electrons. The van der Waals surface area contributed by atoms with Gasteiger partial charge in [0, 0.05) is 28.6 Å². The van der Waals surface area contributed by atoms with Gasteiger partial charge in [0.2, 0.25) is 0 Å². The van der Waals surface area contributed by atoms with Crippen molar-refractivity contribution in [2.24, 2.45) is 0 Å². The minimum Gasteiger partial charge on any atom is -0.493 e. The molecule has 1 heterocycles. The van der Waals surface area contributed by atoms with Crippen molar-refractivity contribution in [3.8, 4) is 11.5 Å². The fraction of sp³-hybridized carbons (Fsp3) is 0.458. The number of benzene rings is 2. The number of nitrogens with one attached hydrogen (secondary N) is 2. The van der Waals surface area contributed by atoms with E-state index in [0.717, 1.165) is 32.2 Å². The van der Waals surface area contributed by atoms with Gasteiger partial charge in [-0.05, 0) is 69.1 Å². The lowest BCUT2D eigenvalue weighted by atomic mass is 9.65. The van der Waals surface area contributed by atoms with Crippen LogP contribution < -0.4 is 20.1 Å². The molecule has 2 N–H and O–H groups in total. The molecule has 3 atom stereocenters. The summed E-state index contributed by atoms with van der Waals surface area (Å²) in [7, 11) is 5.39. The van der Waals surface area contributed by atoms with E-state index in [1.807, 2.05) is 6.07 Å². The van der Waals surface area contributed by atoms with Crippen molar-refractivity contribution < 1.29 is 19.2 Å². The maximum absolute atomic E-state index is 12.7. The van der Waals surface area contributed by atoms with E-state index in [1.165, 1.54) is 23.8 Å². The third kappa shape index (κ3) is 4.50. The Morgan fingerprint density at radius 2 is 1.94 bits per heavy atom. The first-order chi connectivity index (χ1) is 16.3. The quantitative estimate of drug-likeness (QED) is 0.455. The number of likely N-dealkylation sites (tertiary alicyclic amines) is 1. The number of carbonyl (C=O) groups excluding carboxylic acids is 1. The van der Waals surface area contributed by atoms with Crippen molar-refractivity contribution >= 4 is 29.0 Å². The molecule has 2 amide bonds. The van der Waals surface area contributed by atoms with Gasteiger partial charge in [-0.2, -0.15) is 0 Å². The molecule has 0 bridgehead atoms. The summed E-state index contributed by atoms with van der Waals surface area (Å²) in [6, 6.07) is 10.1. The number of anilines is 1. The number of nitrogens with zero attached hydrogens (tertiary/aromatic N) is 2. The Morgan fingerprint density at radius 3 is 2.65 bits per heavy atom. The normalized spacial score (nSPS) is 24.2. The van der Waals surface area contributed by atoms with Crippen molar-refractivity contribution in [2.75, 3.05) is 33.1 Å². The summed E-state index contributed by atoms with van der Waals surface area (Å²) in [6.07, 6.45) is 3.51. The second-order valence-electron chi connectivity index (χ2n) is 8.96. The summed E-state index contributed by atoms with van der Waals surface area (Å²) in [6.45, 7) is 0.967. The Morgan fingerprint density at radius 1 is 1.18 bits per heavy atom. The first-order valence-corrected chi connectivity index (χ1v) is 11.6. The molecule has 182 valence electrons. The number of carbonyl (C=O) groups is 1. The third-order valence-electron chi connectivity index (χ3n) is 7.23. The van der Waals surface area contributed by atoms with E-state index in [-0.39, 0.29) is 33.9 Å². The summed E-state index contributed by atoms with van der Waals surface area (Å²) in [5, 5.41) is 17.2. The van der Waals surface area contributed by atoms with E-state index in [1.54, 1.807) is 14.2 Å². The number of ether oxygens (including phenoxy) is 2. The lowest BCUT2D eigenvalue weighted by Gasteiger charge is -2.45. The Bertz CT molecular complexity index is 1100. The highest BCUT2D eigenvalue weighted by molar-refractivity contribution is 6.31. The van der Waals surface area contributed by atoms with E-state index in [2.05, 4.69) is 34.7 Å². The molecule has 1 saturated heterocycles. The van der Waals surface area contributed by atoms with Gasteiger partial charge in [-0.1, -0.05) is 17.7 Å². The molecule has 0 aromatic heterocycles. The smallest absolute Gasteiger partial charge is 0.319 e. The number of hydrogen-bond donors (Lipinski definition) is 2. The number of rotatable bonds is 6. The van der Waals surface area contributed by atoms with Crippen LogP contribution in [0.5, 0.6) is 11.5 Å². The van der Waals surface area contributed by atoms with Crippen molar-refractivity contribution in [1.29, 1.82) is 0 Å². The fourth-order valence-electron chi connectivity index (χ4n) is 5.50. The molecular formula is C24H29ClN4O5. The summed E-state index contributed by atoms with van der Waals surface area (Å²) in [5.41, 5.74) is 1.06. The first kappa shape index (κ1) is 24.1. The second kappa shape index (κ2) is 9.68. The van der Waals surface area contributed by atoms with Crippen LogP contribution in [-0.4, -0.2) is 55.8 Å². The summed E-state index contributed by atoms with van der Waals surface area (Å²) >= 11 is 5.87. The SMILES string of the molecule is COc1ccc([C@@]23CC[C@@H](NC(=O)Nc4ccc(Cl)cc4[N+](=O)[O-])C[C@@H]2N(C)CC3)cc1OC. The molecule has 10 heteroatoms. The molecular weight excluding hydrogens is 460 g/mol. The fourth-order valence-corrected chi connectivity index (χ4v) is 5.67. The summed E-state index contributed by atoms with van der Waals surface area (Å²) in [4.78, 5) is 25.8. The zero-order chi connectivity index (χ0) is 24.5. The number of nitro benzene ring substituents is 1. The maximum Gasteiger partial charge on any atom is 0.319 e. The number of likely N-dealkylation sites (N-methyl/N-ethyl adjacent to an activating group) is 1.